The van der Waals surface area contributed by atoms with E-state index >= 15 is 0 Å². The molecule has 2 unspecified atom stereocenters. The van der Waals surface area contributed by atoms with Crippen LogP contribution < -0.4 is 15.6 Å². The highest BCUT2D eigenvalue weighted by Gasteiger charge is 2.57. The molecule has 1 aromatic heterocycles. The van der Waals surface area contributed by atoms with E-state index in [-0.39, 0.29) is 29.4 Å². The Morgan fingerprint density at radius 1 is 1.26 bits per heavy atom. The molecule has 0 fully saturated rings. The molecule has 0 bridgehead atoms. The maximum Gasteiger partial charge on any atom is 0.436 e. The Bertz CT molecular complexity index is 1330. The minimum Gasteiger partial charge on any atom is -0.505 e. The number of rotatable bonds is 5. The summed E-state index contributed by atoms with van der Waals surface area (Å²) in [6.07, 6.45) is -2.59. The van der Waals surface area contributed by atoms with Crippen molar-refractivity contribution in [1.29, 1.82) is 0 Å². The Kier molecular flexibility index (Phi) is 6.06. The lowest BCUT2D eigenvalue weighted by Crippen LogP contribution is -2.48. The third-order valence-electron chi connectivity index (χ3n) is 5.71. The molecule has 3 aromatic rings. The van der Waals surface area contributed by atoms with Crippen LogP contribution in [0.25, 0.3) is 0 Å². The van der Waals surface area contributed by atoms with E-state index < -0.39 is 35.1 Å². The van der Waals surface area contributed by atoms with Crippen LogP contribution in [-0.2, 0) is 19.4 Å². The van der Waals surface area contributed by atoms with Crippen molar-refractivity contribution in [1.82, 2.24) is 9.55 Å². The molecule has 11 heteroatoms. The average Bonchev–Trinajstić information content (AvgIpc) is 2.76. The zero-order valence-electron chi connectivity index (χ0n) is 18.3. The summed E-state index contributed by atoms with van der Waals surface area (Å²) < 4.78 is 62.4. The zero-order valence-corrected chi connectivity index (χ0v) is 19.5. The van der Waals surface area contributed by atoms with Crippen molar-refractivity contribution in [2.75, 3.05) is 5.32 Å². The molecule has 0 aliphatic carbocycles. The number of nitrogens with one attached hydrogen (secondary N) is 1. The summed E-state index contributed by atoms with van der Waals surface area (Å²) in [6, 6.07) is 6.90. The summed E-state index contributed by atoms with van der Waals surface area (Å²) in [5, 5.41) is 9.73. The van der Waals surface area contributed by atoms with Gasteiger partial charge >= 0.3 is 6.11 Å². The van der Waals surface area contributed by atoms with Crippen LogP contribution in [0.1, 0.15) is 29.2 Å². The number of aromatic hydroxyl groups is 1. The Hall–Kier alpha value is -3.13. The number of anilines is 2. The summed E-state index contributed by atoms with van der Waals surface area (Å²) in [4.78, 5) is 16.5. The SMILES string of the molecule is CCc1cn(Cc2ccc(F)c(O)c2)c(Nc2ccc3c(c2C)OC(F)(F)C(F)(P)C3)nc1=O. The van der Waals surface area contributed by atoms with Crippen molar-refractivity contribution in [3.8, 4) is 11.5 Å². The number of hydrogen-bond donors (Lipinski definition) is 2. The molecule has 1 aliphatic rings. The van der Waals surface area contributed by atoms with Crippen LogP contribution in [0, 0.1) is 12.7 Å². The van der Waals surface area contributed by atoms with Crippen LogP contribution in [-0.4, -0.2) is 26.2 Å². The molecule has 0 saturated carbocycles. The summed E-state index contributed by atoms with van der Waals surface area (Å²) in [5.41, 5.74) is 1.40. The summed E-state index contributed by atoms with van der Waals surface area (Å²) in [5.74, 6) is -1.33. The fourth-order valence-electron chi connectivity index (χ4n) is 3.73. The van der Waals surface area contributed by atoms with Gasteiger partial charge in [0.2, 0.25) is 11.4 Å². The number of nitrogens with zero attached hydrogens (tertiary/aromatic N) is 2. The Morgan fingerprint density at radius 3 is 2.68 bits per heavy atom. The Balaban J connectivity index is 1.74. The average molecular weight is 495 g/mol. The predicted octanol–water partition coefficient (Wildman–Crippen LogP) is 4.82. The number of fused-ring (bicyclic) bond motifs is 1. The normalized spacial score (nSPS) is 18.8. The van der Waals surface area contributed by atoms with E-state index in [1.807, 2.05) is 0 Å². The van der Waals surface area contributed by atoms with Crippen LogP contribution in [0.15, 0.2) is 41.3 Å². The van der Waals surface area contributed by atoms with Gasteiger partial charge in [-0.25, -0.2) is 8.78 Å². The third kappa shape index (κ3) is 4.34. The number of benzene rings is 2. The van der Waals surface area contributed by atoms with Crippen LogP contribution in [0.5, 0.6) is 11.5 Å². The highest BCUT2D eigenvalue weighted by atomic mass is 31.0. The van der Waals surface area contributed by atoms with E-state index in [0.717, 1.165) is 6.07 Å². The molecule has 34 heavy (non-hydrogen) atoms. The smallest absolute Gasteiger partial charge is 0.436 e. The number of aromatic nitrogens is 2. The Labute approximate surface area is 194 Å². The first kappa shape index (κ1) is 24.0. The van der Waals surface area contributed by atoms with E-state index in [1.54, 1.807) is 23.8 Å². The van der Waals surface area contributed by atoms with Gasteiger partial charge in [0.25, 0.3) is 5.56 Å². The van der Waals surface area contributed by atoms with Crippen molar-refractivity contribution in [2.45, 2.75) is 44.8 Å². The number of phenols is 1. The summed E-state index contributed by atoms with van der Waals surface area (Å²) >= 11 is 0. The number of halogens is 4. The van der Waals surface area contributed by atoms with E-state index in [9.17, 15) is 27.5 Å². The monoisotopic (exact) mass is 495 g/mol. The molecule has 0 spiro atoms. The van der Waals surface area contributed by atoms with Crippen LogP contribution >= 0.6 is 9.24 Å². The van der Waals surface area contributed by atoms with Gasteiger partial charge in [-0.05, 0) is 42.7 Å². The second-order valence-corrected chi connectivity index (χ2v) is 9.09. The second-order valence-electron chi connectivity index (χ2n) is 8.17. The standard InChI is InChI=1S/C23H22F4N3O3P/c1-3-14-11-30(10-13-4-6-16(24)18(31)8-13)21(29-20(14)32)28-17-7-5-15-9-22(25,34)23(26,27)33-19(15)12(17)2/h4-8,11,31H,3,9-10,34H2,1-2H3,(H,28,29,32). The Morgan fingerprint density at radius 2 is 2.00 bits per heavy atom. The van der Waals surface area contributed by atoms with Crippen molar-refractivity contribution in [3.63, 3.8) is 0 Å². The minimum atomic E-state index is -4.04. The van der Waals surface area contributed by atoms with Gasteiger partial charge in [-0.2, -0.15) is 13.8 Å². The maximum absolute atomic E-state index is 14.3. The van der Waals surface area contributed by atoms with Gasteiger partial charge < -0.3 is 19.7 Å². The number of alkyl halides is 3. The summed E-state index contributed by atoms with van der Waals surface area (Å²) in [7, 11) is 1.51. The number of phenolic OH excluding ortho intramolecular Hbond substituents is 1. The first-order valence-electron chi connectivity index (χ1n) is 10.4. The first-order chi connectivity index (χ1) is 15.9. The first-order valence-corrected chi connectivity index (χ1v) is 11.0. The van der Waals surface area contributed by atoms with Gasteiger partial charge in [0.05, 0.1) is 6.54 Å². The third-order valence-corrected chi connectivity index (χ3v) is 6.25. The molecular formula is C23H22F4N3O3P. The fourth-order valence-corrected chi connectivity index (χ4v) is 4.01. The number of aryl methyl sites for hydroxylation is 1. The van der Waals surface area contributed by atoms with Crippen molar-refractivity contribution in [2.24, 2.45) is 0 Å². The largest absolute Gasteiger partial charge is 0.505 e. The molecule has 0 amide bonds. The molecule has 2 N–H and O–H groups in total. The lowest BCUT2D eigenvalue weighted by atomic mass is 9.99. The molecule has 0 saturated heterocycles. The molecule has 6 nitrogen and oxygen atoms in total. The highest BCUT2D eigenvalue weighted by molar-refractivity contribution is 7.18. The number of ether oxygens (including phenoxy) is 1. The van der Waals surface area contributed by atoms with E-state index in [0.29, 0.717) is 23.2 Å². The van der Waals surface area contributed by atoms with Gasteiger partial charge in [-0.1, -0.05) is 28.3 Å². The van der Waals surface area contributed by atoms with Crippen LogP contribution in [0.2, 0.25) is 0 Å². The van der Waals surface area contributed by atoms with E-state index in [1.165, 1.54) is 34.4 Å². The molecular weight excluding hydrogens is 473 g/mol. The maximum atomic E-state index is 14.3. The second kappa shape index (κ2) is 8.58. The highest BCUT2D eigenvalue weighted by Crippen LogP contribution is 2.50. The molecule has 180 valence electrons. The van der Waals surface area contributed by atoms with Gasteiger partial charge in [0.1, 0.15) is 5.75 Å². The van der Waals surface area contributed by atoms with Gasteiger partial charge in [0.15, 0.2) is 11.6 Å². The summed E-state index contributed by atoms with van der Waals surface area (Å²) in [6.45, 7) is 3.46. The van der Waals surface area contributed by atoms with Gasteiger partial charge in [0, 0.05) is 29.4 Å². The zero-order chi connectivity index (χ0) is 24.8. The quantitative estimate of drug-likeness (QED) is 0.392. The number of hydrogen-bond acceptors (Lipinski definition) is 5. The lowest BCUT2D eigenvalue weighted by Gasteiger charge is -2.36. The molecule has 2 heterocycles. The van der Waals surface area contributed by atoms with Crippen molar-refractivity contribution in [3.05, 3.63) is 75.0 Å². The molecule has 2 aromatic carbocycles. The lowest BCUT2D eigenvalue weighted by molar-refractivity contribution is -0.240. The fraction of sp³-hybridized carbons (Fsp3) is 0.304. The van der Waals surface area contributed by atoms with E-state index in [2.05, 4.69) is 10.3 Å². The molecule has 0 radical (unpaired) electrons. The van der Waals surface area contributed by atoms with Crippen LogP contribution in [0.3, 0.4) is 0 Å². The van der Waals surface area contributed by atoms with E-state index in [4.69, 9.17) is 4.74 Å². The van der Waals surface area contributed by atoms with Crippen LogP contribution in [0.4, 0.5) is 29.2 Å². The van der Waals surface area contributed by atoms with Gasteiger partial charge in [-0.3, -0.25) is 4.79 Å². The predicted molar refractivity (Wildman–Crippen MR) is 122 cm³/mol. The molecule has 2 atom stereocenters. The van der Waals surface area contributed by atoms with Crippen molar-refractivity contribution >= 4 is 20.9 Å². The van der Waals surface area contributed by atoms with Crippen molar-refractivity contribution < 1.29 is 27.4 Å². The molecule has 1 aliphatic heterocycles. The topological polar surface area (TPSA) is 76.4 Å². The molecule has 4 rings (SSSR count). The minimum absolute atomic E-state index is 0.0996. The van der Waals surface area contributed by atoms with Gasteiger partial charge in [-0.15, -0.1) is 0 Å².